The number of rotatable bonds is 7. The maximum absolute atomic E-state index is 10.9. The first-order valence-corrected chi connectivity index (χ1v) is 6.56. The summed E-state index contributed by atoms with van der Waals surface area (Å²) >= 11 is 0. The minimum atomic E-state index is -0.317. The molecule has 1 aromatic carbocycles. The molecular weight excluding hydrogens is 228 g/mol. The van der Waals surface area contributed by atoms with Crippen molar-refractivity contribution in [3.63, 3.8) is 0 Å². The maximum Gasteiger partial charge on any atom is 0.273 e. The van der Waals surface area contributed by atoms with E-state index in [2.05, 4.69) is 26.1 Å². The van der Waals surface area contributed by atoms with E-state index in [4.69, 9.17) is 0 Å². The molecule has 100 valence electrons. The highest BCUT2D eigenvalue weighted by Crippen LogP contribution is 2.22. The lowest BCUT2D eigenvalue weighted by Crippen LogP contribution is -2.43. The fraction of sp³-hybridized carbons (Fsp3) is 0.571. The summed E-state index contributed by atoms with van der Waals surface area (Å²) in [6, 6.07) is 6.92. The van der Waals surface area contributed by atoms with Crippen LogP contribution in [-0.2, 0) is 6.54 Å². The van der Waals surface area contributed by atoms with Crippen LogP contribution in [0.1, 0.15) is 45.6 Å². The topological polar surface area (TPSA) is 55.2 Å². The van der Waals surface area contributed by atoms with E-state index in [1.165, 1.54) is 0 Å². The fourth-order valence-corrected chi connectivity index (χ4v) is 2.25. The van der Waals surface area contributed by atoms with E-state index < -0.39 is 0 Å². The second kappa shape index (κ2) is 6.50. The van der Waals surface area contributed by atoms with Gasteiger partial charge in [-0.05, 0) is 19.3 Å². The minimum absolute atomic E-state index is 0.0870. The fourth-order valence-electron chi connectivity index (χ4n) is 2.25. The second-order valence-electron chi connectivity index (χ2n) is 4.58. The highest BCUT2D eigenvalue weighted by atomic mass is 16.6. The molecule has 0 aliphatic heterocycles. The minimum Gasteiger partial charge on any atom is -0.307 e. The maximum atomic E-state index is 10.9. The molecule has 1 aromatic rings. The number of hydrogen-bond donors (Lipinski definition) is 1. The number of nitrogens with zero attached hydrogens (tertiary/aromatic N) is 1. The predicted octanol–water partition coefficient (Wildman–Crippen LogP) is 3.65. The number of nitro groups is 1. The van der Waals surface area contributed by atoms with Crippen molar-refractivity contribution >= 4 is 5.69 Å². The zero-order valence-electron chi connectivity index (χ0n) is 11.4. The van der Waals surface area contributed by atoms with Gasteiger partial charge in [-0.3, -0.25) is 10.1 Å². The third kappa shape index (κ3) is 3.29. The molecule has 0 saturated carbocycles. The van der Waals surface area contributed by atoms with E-state index in [9.17, 15) is 10.1 Å². The lowest BCUT2D eigenvalue weighted by atomic mass is 9.89. The van der Waals surface area contributed by atoms with E-state index in [0.717, 1.165) is 24.8 Å². The number of hydrogen-bond acceptors (Lipinski definition) is 3. The van der Waals surface area contributed by atoms with Gasteiger partial charge in [-0.2, -0.15) is 0 Å². The molecule has 0 aromatic heterocycles. The summed E-state index contributed by atoms with van der Waals surface area (Å²) < 4.78 is 0. The van der Waals surface area contributed by atoms with Crippen LogP contribution in [0.5, 0.6) is 0 Å². The number of para-hydroxylation sites is 1. The van der Waals surface area contributed by atoms with Gasteiger partial charge in [0, 0.05) is 23.7 Å². The zero-order valence-corrected chi connectivity index (χ0v) is 11.4. The molecule has 0 fully saturated rings. The molecule has 1 N–H and O–H groups in total. The van der Waals surface area contributed by atoms with Gasteiger partial charge in [0.25, 0.3) is 5.69 Å². The Hall–Kier alpha value is -1.42. The van der Waals surface area contributed by atoms with Crippen LogP contribution in [0, 0.1) is 10.1 Å². The lowest BCUT2D eigenvalue weighted by Gasteiger charge is -2.32. The van der Waals surface area contributed by atoms with Crippen LogP contribution >= 0.6 is 0 Å². The van der Waals surface area contributed by atoms with Crippen molar-refractivity contribution in [1.82, 2.24) is 5.32 Å². The van der Waals surface area contributed by atoms with Crippen molar-refractivity contribution in [3.8, 4) is 0 Å². The third-order valence-corrected chi connectivity index (χ3v) is 3.87. The third-order valence-electron chi connectivity index (χ3n) is 3.87. The first-order chi connectivity index (χ1) is 8.58. The molecule has 0 aliphatic carbocycles. The molecule has 0 saturated heterocycles. The van der Waals surface area contributed by atoms with Gasteiger partial charge in [-0.25, -0.2) is 0 Å². The molecule has 0 aliphatic rings. The van der Waals surface area contributed by atoms with Crippen LogP contribution in [0.15, 0.2) is 24.3 Å². The Labute approximate surface area is 109 Å². The molecule has 1 rings (SSSR count). The van der Waals surface area contributed by atoms with E-state index >= 15 is 0 Å². The monoisotopic (exact) mass is 250 g/mol. The van der Waals surface area contributed by atoms with E-state index in [0.29, 0.717) is 6.54 Å². The molecule has 0 unspecified atom stereocenters. The van der Waals surface area contributed by atoms with Crippen LogP contribution in [-0.4, -0.2) is 10.5 Å². The molecule has 0 spiro atoms. The Kier molecular flexibility index (Phi) is 5.28. The lowest BCUT2D eigenvalue weighted by molar-refractivity contribution is -0.385. The van der Waals surface area contributed by atoms with Crippen LogP contribution in [0.3, 0.4) is 0 Å². The van der Waals surface area contributed by atoms with Gasteiger partial charge in [0.1, 0.15) is 0 Å². The second-order valence-corrected chi connectivity index (χ2v) is 4.58. The molecular formula is C14H22N2O2. The van der Waals surface area contributed by atoms with E-state index in [1.54, 1.807) is 12.1 Å². The van der Waals surface area contributed by atoms with Gasteiger partial charge in [-0.1, -0.05) is 39.0 Å². The Bertz CT molecular complexity index is 392. The Morgan fingerprint density at radius 1 is 1.17 bits per heavy atom. The van der Waals surface area contributed by atoms with Crippen LogP contribution < -0.4 is 5.32 Å². The van der Waals surface area contributed by atoms with Gasteiger partial charge in [0.15, 0.2) is 0 Å². The Balaban J connectivity index is 2.83. The highest BCUT2D eigenvalue weighted by Gasteiger charge is 2.24. The highest BCUT2D eigenvalue weighted by molar-refractivity contribution is 5.39. The Morgan fingerprint density at radius 2 is 1.72 bits per heavy atom. The summed E-state index contributed by atoms with van der Waals surface area (Å²) in [5, 5.41) is 14.4. The Morgan fingerprint density at radius 3 is 2.22 bits per heavy atom. The summed E-state index contributed by atoms with van der Waals surface area (Å²) in [7, 11) is 0. The van der Waals surface area contributed by atoms with Crippen LogP contribution in [0.2, 0.25) is 0 Å². The van der Waals surface area contributed by atoms with Crippen LogP contribution in [0.4, 0.5) is 5.69 Å². The molecule has 0 atom stereocenters. The normalized spacial score (nSPS) is 11.5. The summed E-state index contributed by atoms with van der Waals surface area (Å²) in [4.78, 5) is 10.6. The van der Waals surface area contributed by atoms with Crippen molar-refractivity contribution in [2.75, 3.05) is 0 Å². The van der Waals surface area contributed by atoms with E-state index in [-0.39, 0.29) is 16.1 Å². The van der Waals surface area contributed by atoms with Crippen molar-refractivity contribution in [2.45, 2.75) is 52.1 Å². The average molecular weight is 250 g/mol. The van der Waals surface area contributed by atoms with Crippen LogP contribution in [0.25, 0.3) is 0 Å². The summed E-state index contributed by atoms with van der Waals surface area (Å²) in [5.41, 5.74) is 1.04. The van der Waals surface area contributed by atoms with Gasteiger partial charge in [-0.15, -0.1) is 0 Å². The van der Waals surface area contributed by atoms with E-state index in [1.807, 2.05) is 12.1 Å². The molecule has 18 heavy (non-hydrogen) atoms. The first-order valence-electron chi connectivity index (χ1n) is 6.56. The molecule has 0 amide bonds. The zero-order chi connectivity index (χ0) is 13.6. The number of benzene rings is 1. The number of nitrogens with one attached hydrogen (secondary N) is 1. The van der Waals surface area contributed by atoms with Crippen molar-refractivity contribution in [1.29, 1.82) is 0 Å². The molecule has 4 heteroatoms. The molecule has 0 bridgehead atoms. The van der Waals surface area contributed by atoms with Crippen molar-refractivity contribution in [2.24, 2.45) is 0 Å². The molecule has 0 heterocycles. The molecule has 4 nitrogen and oxygen atoms in total. The predicted molar refractivity (Wildman–Crippen MR) is 73.5 cm³/mol. The summed E-state index contributed by atoms with van der Waals surface area (Å²) in [6.45, 7) is 7.00. The van der Waals surface area contributed by atoms with Crippen molar-refractivity contribution in [3.05, 3.63) is 39.9 Å². The average Bonchev–Trinajstić information content (AvgIpc) is 2.41. The largest absolute Gasteiger partial charge is 0.307 e. The van der Waals surface area contributed by atoms with Gasteiger partial charge >= 0.3 is 0 Å². The van der Waals surface area contributed by atoms with Crippen molar-refractivity contribution < 1.29 is 4.92 Å². The quantitative estimate of drug-likeness (QED) is 0.593. The van der Waals surface area contributed by atoms with Gasteiger partial charge in [0.05, 0.1) is 4.92 Å². The van der Waals surface area contributed by atoms with Gasteiger partial charge < -0.3 is 5.32 Å². The summed E-state index contributed by atoms with van der Waals surface area (Å²) in [5.74, 6) is 0. The van der Waals surface area contributed by atoms with Gasteiger partial charge in [0.2, 0.25) is 0 Å². The number of nitro benzene ring substituents is 1. The summed E-state index contributed by atoms with van der Waals surface area (Å²) in [6.07, 6.45) is 3.09. The standard InChI is InChI=1S/C14H22N2O2/c1-4-14(5-2,6-3)15-11-12-9-7-8-10-13(12)16(17)18/h7-10,15H,4-6,11H2,1-3H3. The molecule has 0 radical (unpaired) electrons. The SMILES string of the molecule is CCC(CC)(CC)NCc1ccccc1[N+](=O)[O-]. The smallest absolute Gasteiger partial charge is 0.273 e. The first kappa shape index (κ1) is 14.6.